The second-order valence-corrected chi connectivity index (χ2v) is 10.2. The van der Waals surface area contributed by atoms with E-state index in [9.17, 15) is 13.2 Å². The zero-order valence-electron chi connectivity index (χ0n) is 18.4. The molecule has 2 aromatic carbocycles. The third kappa shape index (κ3) is 6.93. The van der Waals surface area contributed by atoms with Gasteiger partial charge in [0.15, 0.2) is 6.04 Å². The fourth-order valence-corrected chi connectivity index (χ4v) is 3.96. The van der Waals surface area contributed by atoms with E-state index >= 15 is 0 Å². The molecule has 2 atom stereocenters. The van der Waals surface area contributed by atoms with Gasteiger partial charge >= 0.3 is 0 Å². The smallest absolute Gasteiger partial charge is 0.282 e. The first-order valence-electron chi connectivity index (χ1n) is 10.3. The van der Waals surface area contributed by atoms with Crippen molar-refractivity contribution in [1.29, 1.82) is 0 Å². The molecule has 164 valence electrons. The molecule has 0 saturated heterocycles. The van der Waals surface area contributed by atoms with E-state index in [0.29, 0.717) is 17.5 Å². The van der Waals surface area contributed by atoms with Crippen LogP contribution in [0.5, 0.6) is 0 Å². The summed E-state index contributed by atoms with van der Waals surface area (Å²) in [6.45, 7) is 10.6. The molecule has 0 aliphatic rings. The van der Waals surface area contributed by atoms with E-state index in [-0.39, 0.29) is 22.9 Å². The van der Waals surface area contributed by atoms with Crippen LogP contribution < -0.4 is 15.8 Å². The molecule has 1 amide bonds. The number of nitrogens with one attached hydrogen (secondary N) is 1. The van der Waals surface area contributed by atoms with E-state index in [0.717, 1.165) is 6.42 Å². The normalized spacial score (nSPS) is 14.0. The minimum absolute atomic E-state index is 0.0147. The molecule has 0 aromatic heterocycles. The van der Waals surface area contributed by atoms with Gasteiger partial charge in [0.2, 0.25) is 10.0 Å². The van der Waals surface area contributed by atoms with E-state index in [4.69, 9.17) is 5.14 Å². The quantitative estimate of drug-likeness (QED) is 0.567. The van der Waals surface area contributed by atoms with Crippen LogP contribution in [0.25, 0.3) is 0 Å². The highest BCUT2D eigenvalue weighted by Gasteiger charge is 2.26. The van der Waals surface area contributed by atoms with Crippen LogP contribution in [0.3, 0.4) is 0 Å². The third-order valence-corrected chi connectivity index (χ3v) is 6.02. The SMILES string of the molecule is CC(C)Cc1ccc([C@H]([NH2+][C@H](C)C(=O)Nc2ccc(S(N)(=O)=O)cc2)C(C)C)cc1. The molecule has 0 fully saturated rings. The number of sulfonamides is 1. The van der Waals surface area contributed by atoms with Gasteiger partial charge in [-0.3, -0.25) is 4.79 Å². The average Bonchev–Trinajstić information content (AvgIpc) is 2.65. The molecule has 0 spiro atoms. The van der Waals surface area contributed by atoms with Crippen molar-refractivity contribution in [3.63, 3.8) is 0 Å². The summed E-state index contributed by atoms with van der Waals surface area (Å²) in [5, 5.41) is 10.0. The van der Waals surface area contributed by atoms with Crippen LogP contribution in [0.2, 0.25) is 0 Å². The maximum absolute atomic E-state index is 12.7. The highest BCUT2D eigenvalue weighted by molar-refractivity contribution is 7.89. The Morgan fingerprint density at radius 1 is 0.967 bits per heavy atom. The molecule has 0 heterocycles. The number of rotatable bonds is 9. The summed E-state index contributed by atoms with van der Waals surface area (Å²) in [5.41, 5.74) is 3.06. The first-order chi connectivity index (χ1) is 14.0. The monoisotopic (exact) mass is 432 g/mol. The minimum Gasteiger partial charge on any atom is -0.330 e. The van der Waals surface area contributed by atoms with Gasteiger partial charge in [0.05, 0.1) is 4.90 Å². The Kier molecular flexibility index (Phi) is 8.18. The number of primary sulfonamides is 1. The average molecular weight is 433 g/mol. The number of carbonyl (C=O) groups excluding carboxylic acids is 1. The van der Waals surface area contributed by atoms with Crippen molar-refractivity contribution >= 4 is 21.6 Å². The standard InChI is InChI=1S/C23H33N3O3S/c1-15(2)14-18-6-8-19(9-7-18)22(16(3)4)25-17(5)23(27)26-20-10-12-21(13-11-20)30(24,28)29/h6-13,15-17,22,25H,14H2,1-5H3,(H,26,27)(H2,24,28,29)/p+1/t17-,22-/m1/s1. The molecule has 2 rings (SSSR count). The second kappa shape index (κ2) is 10.2. The molecule has 0 aliphatic heterocycles. The molecule has 2 aromatic rings. The van der Waals surface area contributed by atoms with Crippen molar-refractivity contribution in [3.05, 3.63) is 59.7 Å². The summed E-state index contributed by atoms with van der Waals surface area (Å²) >= 11 is 0. The highest BCUT2D eigenvalue weighted by atomic mass is 32.2. The summed E-state index contributed by atoms with van der Waals surface area (Å²) in [5.74, 6) is 0.830. The lowest BCUT2D eigenvalue weighted by atomic mass is 9.93. The van der Waals surface area contributed by atoms with E-state index in [2.05, 4.69) is 62.6 Å². The van der Waals surface area contributed by atoms with Crippen LogP contribution in [0.4, 0.5) is 5.69 Å². The lowest BCUT2D eigenvalue weighted by Crippen LogP contribution is -2.93. The van der Waals surface area contributed by atoms with Crippen molar-refractivity contribution in [2.75, 3.05) is 5.32 Å². The number of benzene rings is 2. The van der Waals surface area contributed by atoms with Crippen molar-refractivity contribution in [1.82, 2.24) is 0 Å². The lowest BCUT2D eigenvalue weighted by molar-refractivity contribution is -0.718. The summed E-state index contributed by atoms with van der Waals surface area (Å²) in [4.78, 5) is 12.7. The summed E-state index contributed by atoms with van der Waals surface area (Å²) in [7, 11) is -3.75. The molecule has 0 radical (unpaired) electrons. The first-order valence-corrected chi connectivity index (χ1v) is 11.9. The predicted octanol–water partition coefficient (Wildman–Crippen LogP) is 2.82. The van der Waals surface area contributed by atoms with Gasteiger partial charge < -0.3 is 10.6 Å². The van der Waals surface area contributed by atoms with Gasteiger partial charge in [0.1, 0.15) is 6.04 Å². The molecule has 0 bridgehead atoms. The lowest BCUT2D eigenvalue weighted by Gasteiger charge is -2.23. The van der Waals surface area contributed by atoms with Crippen molar-refractivity contribution in [2.24, 2.45) is 17.0 Å². The molecule has 0 unspecified atom stereocenters. The van der Waals surface area contributed by atoms with Crippen LogP contribution in [0, 0.1) is 11.8 Å². The summed E-state index contributed by atoms with van der Waals surface area (Å²) in [6, 6.07) is 14.4. The second-order valence-electron chi connectivity index (χ2n) is 8.65. The number of amides is 1. The number of anilines is 1. The molecular weight excluding hydrogens is 398 g/mol. The Morgan fingerprint density at radius 3 is 2.00 bits per heavy atom. The Labute approximate surface area is 180 Å². The Bertz CT molecular complexity index is 937. The van der Waals surface area contributed by atoms with E-state index < -0.39 is 10.0 Å². The summed E-state index contributed by atoms with van der Waals surface area (Å²) in [6.07, 6.45) is 1.05. The maximum Gasteiger partial charge on any atom is 0.282 e. The van der Waals surface area contributed by atoms with Crippen molar-refractivity contribution in [2.45, 2.75) is 58.0 Å². The molecular formula is C23H34N3O3S+. The summed E-state index contributed by atoms with van der Waals surface area (Å²) < 4.78 is 22.7. The number of hydrogen-bond acceptors (Lipinski definition) is 3. The molecule has 0 saturated carbocycles. The number of hydrogen-bond donors (Lipinski definition) is 3. The minimum atomic E-state index is -3.75. The maximum atomic E-state index is 12.7. The number of nitrogens with two attached hydrogens (primary N) is 2. The molecule has 6 nitrogen and oxygen atoms in total. The van der Waals surface area contributed by atoms with Crippen molar-refractivity contribution < 1.29 is 18.5 Å². The van der Waals surface area contributed by atoms with Gasteiger partial charge in [-0.25, -0.2) is 13.6 Å². The van der Waals surface area contributed by atoms with Crippen LogP contribution in [-0.2, 0) is 21.2 Å². The van der Waals surface area contributed by atoms with E-state index in [1.54, 1.807) is 0 Å². The van der Waals surface area contributed by atoms with E-state index in [1.807, 2.05) is 6.92 Å². The Balaban J connectivity index is 2.05. The topological polar surface area (TPSA) is 106 Å². The van der Waals surface area contributed by atoms with Crippen LogP contribution in [0.1, 0.15) is 51.8 Å². The molecule has 30 heavy (non-hydrogen) atoms. The number of quaternary nitrogens is 1. The predicted molar refractivity (Wildman–Crippen MR) is 120 cm³/mol. The Hall–Kier alpha value is -2.22. The highest BCUT2D eigenvalue weighted by Crippen LogP contribution is 2.20. The fraction of sp³-hybridized carbons (Fsp3) is 0.435. The fourth-order valence-electron chi connectivity index (χ4n) is 3.45. The van der Waals surface area contributed by atoms with Crippen LogP contribution in [-0.4, -0.2) is 20.4 Å². The van der Waals surface area contributed by atoms with Gasteiger partial charge in [0.25, 0.3) is 5.91 Å². The first kappa shape index (κ1) is 24.1. The van der Waals surface area contributed by atoms with Gasteiger partial charge in [0, 0.05) is 17.2 Å². The van der Waals surface area contributed by atoms with E-state index in [1.165, 1.54) is 35.4 Å². The third-order valence-electron chi connectivity index (χ3n) is 5.09. The van der Waals surface area contributed by atoms with Gasteiger partial charge in [-0.1, -0.05) is 52.0 Å². The molecule has 0 aliphatic carbocycles. The molecule has 5 N–H and O–H groups in total. The zero-order chi connectivity index (χ0) is 22.5. The van der Waals surface area contributed by atoms with Gasteiger partial charge in [-0.05, 0) is 49.1 Å². The molecule has 7 heteroatoms. The van der Waals surface area contributed by atoms with Crippen LogP contribution >= 0.6 is 0 Å². The Morgan fingerprint density at radius 2 is 1.53 bits per heavy atom. The van der Waals surface area contributed by atoms with Crippen LogP contribution in [0.15, 0.2) is 53.4 Å². The number of carbonyl (C=O) groups is 1. The van der Waals surface area contributed by atoms with Gasteiger partial charge in [-0.2, -0.15) is 0 Å². The largest absolute Gasteiger partial charge is 0.330 e. The zero-order valence-corrected chi connectivity index (χ0v) is 19.2. The van der Waals surface area contributed by atoms with Gasteiger partial charge in [-0.15, -0.1) is 0 Å². The van der Waals surface area contributed by atoms with Crippen molar-refractivity contribution in [3.8, 4) is 0 Å².